The second kappa shape index (κ2) is 8.49. The van der Waals surface area contributed by atoms with E-state index in [4.69, 9.17) is 4.74 Å². The van der Waals surface area contributed by atoms with Crippen LogP contribution in [0.3, 0.4) is 0 Å². The molecule has 0 aromatic heterocycles. The second-order valence-electron chi connectivity index (χ2n) is 6.35. The number of carbonyl (C=O) groups is 3. The van der Waals surface area contributed by atoms with Gasteiger partial charge >= 0.3 is 5.97 Å². The van der Waals surface area contributed by atoms with Crippen LogP contribution in [0, 0.1) is 5.92 Å². The molecule has 27 heavy (non-hydrogen) atoms. The number of ether oxygens (including phenoxy) is 1. The molecule has 2 aromatic carbocycles. The zero-order chi connectivity index (χ0) is 19.2. The highest BCUT2D eigenvalue weighted by Gasteiger charge is 2.36. The van der Waals surface area contributed by atoms with Crippen LogP contribution in [-0.4, -0.2) is 30.9 Å². The molecular formula is C21H22N2O4. The zero-order valence-corrected chi connectivity index (χ0v) is 15.2. The number of benzene rings is 2. The maximum absolute atomic E-state index is 12.5. The number of carbonyl (C=O) groups excluding carboxylic acids is 3. The van der Waals surface area contributed by atoms with E-state index in [9.17, 15) is 14.4 Å². The van der Waals surface area contributed by atoms with E-state index in [1.165, 1.54) is 4.90 Å². The van der Waals surface area contributed by atoms with E-state index in [2.05, 4.69) is 5.32 Å². The molecule has 0 aliphatic carbocycles. The normalized spacial score (nSPS) is 16.3. The van der Waals surface area contributed by atoms with Gasteiger partial charge in [0.15, 0.2) is 0 Å². The topological polar surface area (TPSA) is 75.7 Å². The summed E-state index contributed by atoms with van der Waals surface area (Å²) >= 11 is 0. The Hall–Kier alpha value is -3.15. The summed E-state index contributed by atoms with van der Waals surface area (Å²) in [6.45, 7) is 2.65. The van der Waals surface area contributed by atoms with E-state index in [1.54, 1.807) is 31.2 Å². The van der Waals surface area contributed by atoms with E-state index in [0.717, 1.165) is 5.56 Å². The number of nitrogens with zero attached hydrogens (tertiary/aromatic N) is 1. The van der Waals surface area contributed by atoms with Crippen LogP contribution in [0.25, 0.3) is 0 Å². The molecule has 1 fully saturated rings. The fourth-order valence-electron chi connectivity index (χ4n) is 3.14. The molecule has 1 heterocycles. The van der Waals surface area contributed by atoms with Gasteiger partial charge in [-0.05, 0) is 24.6 Å². The second-order valence-corrected chi connectivity index (χ2v) is 6.35. The molecule has 1 atom stereocenters. The Bertz CT molecular complexity index is 835. The van der Waals surface area contributed by atoms with Crippen molar-refractivity contribution >= 4 is 23.5 Å². The molecule has 0 saturated carbocycles. The Balaban J connectivity index is 1.69. The molecule has 140 valence electrons. The van der Waals surface area contributed by atoms with Crippen LogP contribution in [0.15, 0.2) is 54.6 Å². The third kappa shape index (κ3) is 4.34. The summed E-state index contributed by atoms with van der Waals surface area (Å²) < 4.78 is 5.07. The molecule has 3 rings (SSSR count). The first-order valence-electron chi connectivity index (χ1n) is 8.98. The van der Waals surface area contributed by atoms with Crippen molar-refractivity contribution in [3.05, 3.63) is 65.7 Å². The summed E-state index contributed by atoms with van der Waals surface area (Å²) in [5.74, 6) is -1.26. The molecule has 2 amide bonds. The summed E-state index contributed by atoms with van der Waals surface area (Å²) in [4.78, 5) is 38.6. The molecule has 1 aliphatic heterocycles. The van der Waals surface area contributed by atoms with Gasteiger partial charge in [-0.1, -0.05) is 42.5 Å². The zero-order valence-electron chi connectivity index (χ0n) is 15.2. The smallest absolute Gasteiger partial charge is 0.340 e. The molecule has 0 spiro atoms. The minimum atomic E-state index is -0.474. The molecule has 1 saturated heterocycles. The Morgan fingerprint density at radius 2 is 1.81 bits per heavy atom. The van der Waals surface area contributed by atoms with E-state index >= 15 is 0 Å². The maximum Gasteiger partial charge on any atom is 0.340 e. The number of nitrogens with one attached hydrogen (secondary N) is 1. The summed E-state index contributed by atoms with van der Waals surface area (Å²) in [5.41, 5.74) is 1.82. The molecule has 2 aromatic rings. The Morgan fingerprint density at radius 1 is 1.11 bits per heavy atom. The van der Waals surface area contributed by atoms with E-state index in [0.29, 0.717) is 17.8 Å². The van der Waals surface area contributed by atoms with Gasteiger partial charge in [-0.3, -0.25) is 9.59 Å². The average molecular weight is 366 g/mol. The molecule has 1 unspecified atom stereocenters. The lowest BCUT2D eigenvalue weighted by molar-refractivity contribution is -0.126. The van der Waals surface area contributed by atoms with Crippen molar-refractivity contribution in [3.63, 3.8) is 0 Å². The number of para-hydroxylation sites is 1. The van der Waals surface area contributed by atoms with Crippen molar-refractivity contribution < 1.29 is 19.1 Å². The lowest BCUT2D eigenvalue weighted by Gasteiger charge is -2.19. The highest BCUT2D eigenvalue weighted by Crippen LogP contribution is 2.28. The lowest BCUT2D eigenvalue weighted by atomic mass is 10.1. The van der Waals surface area contributed by atoms with Crippen molar-refractivity contribution in [2.75, 3.05) is 18.1 Å². The predicted octanol–water partition coefficient (Wildman–Crippen LogP) is 2.53. The van der Waals surface area contributed by atoms with E-state index < -0.39 is 11.9 Å². The van der Waals surface area contributed by atoms with Gasteiger partial charge in [0.25, 0.3) is 0 Å². The molecule has 6 heteroatoms. The number of rotatable bonds is 6. The van der Waals surface area contributed by atoms with E-state index in [-0.39, 0.29) is 31.4 Å². The number of anilines is 1. The van der Waals surface area contributed by atoms with Crippen LogP contribution >= 0.6 is 0 Å². The van der Waals surface area contributed by atoms with Crippen LogP contribution in [0.4, 0.5) is 5.69 Å². The highest BCUT2D eigenvalue weighted by molar-refractivity contribution is 6.05. The molecular weight excluding hydrogens is 344 g/mol. The number of hydrogen-bond donors (Lipinski definition) is 1. The number of hydrogen-bond acceptors (Lipinski definition) is 4. The molecule has 6 nitrogen and oxygen atoms in total. The van der Waals surface area contributed by atoms with Gasteiger partial charge < -0.3 is 15.0 Å². The third-order valence-corrected chi connectivity index (χ3v) is 4.50. The summed E-state index contributed by atoms with van der Waals surface area (Å²) in [6.07, 6.45) is 0.123. The first kappa shape index (κ1) is 18.6. The minimum Gasteiger partial charge on any atom is -0.462 e. The monoisotopic (exact) mass is 366 g/mol. The van der Waals surface area contributed by atoms with Crippen molar-refractivity contribution in [2.45, 2.75) is 19.9 Å². The fourth-order valence-corrected chi connectivity index (χ4v) is 3.14. The van der Waals surface area contributed by atoms with Crippen LogP contribution in [0.5, 0.6) is 0 Å². The fraction of sp³-hybridized carbons (Fsp3) is 0.286. The van der Waals surface area contributed by atoms with Crippen molar-refractivity contribution in [1.82, 2.24) is 5.32 Å². The van der Waals surface area contributed by atoms with Gasteiger partial charge in [-0.2, -0.15) is 0 Å². The first-order chi connectivity index (χ1) is 13.1. The summed E-state index contributed by atoms with van der Waals surface area (Å²) in [5, 5.41) is 2.88. The van der Waals surface area contributed by atoms with Crippen LogP contribution in [-0.2, 0) is 20.9 Å². The minimum absolute atomic E-state index is 0.123. The third-order valence-electron chi connectivity index (χ3n) is 4.50. The molecule has 1 N–H and O–H groups in total. The lowest BCUT2D eigenvalue weighted by Crippen LogP contribution is -2.33. The predicted molar refractivity (Wildman–Crippen MR) is 101 cm³/mol. The van der Waals surface area contributed by atoms with Gasteiger partial charge in [-0.15, -0.1) is 0 Å². The van der Waals surface area contributed by atoms with Gasteiger partial charge in [0, 0.05) is 19.5 Å². The summed E-state index contributed by atoms with van der Waals surface area (Å²) in [7, 11) is 0. The first-order valence-corrected chi connectivity index (χ1v) is 8.98. The van der Waals surface area contributed by atoms with Crippen molar-refractivity contribution in [3.8, 4) is 0 Å². The number of amides is 2. The van der Waals surface area contributed by atoms with Crippen molar-refractivity contribution in [2.24, 2.45) is 5.92 Å². The Morgan fingerprint density at radius 3 is 2.56 bits per heavy atom. The number of esters is 1. The molecule has 1 aliphatic rings. The standard InChI is InChI=1S/C21H22N2O4/c1-2-27-21(26)17-10-6-7-11-18(17)23-14-16(12-19(23)24)20(25)22-13-15-8-4-3-5-9-15/h3-11,16H,2,12-14H2,1H3,(H,22,25). The SMILES string of the molecule is CCOC(=O)c1ccccc1N1CC(C(=O)NCc2ccccc2)CC1=O. The van der Waals surface area contributed by atoms with Crippen LogP contribution in [0.2, 0.25) is 0 Å². The largest absolute Gasteiger partial charge is 0.462 e. The Labute approximate surface area is 158 Å². The van der Waals surface area contributed by atoms with Crippen LogP contribution in [0.1, 0.15) is 29.3 Å². The van der Waals surface area contributed by atoms with Crippen molar-refractivity contribution in [1.29, 1.82) is 0 Å². The van der Waals surface area contributed by atoms with Crippen LogP contribution < -0.4 is 10.2 Å². The van der Waals surface area contributed by atoms with E-state index in [1.807, 2.05) is 30.3 Å². The average Bonchev–Trinajstić information content (AvgIpc) is 3.09. The van der Waals surface area contributed by atoms with Gasteiger partial charge in [0.1, 0.15) is 0 Å². The van der Waals surface area contributed by atoms with Gasteiger partial charge in [0.05, 0.1) is 23.8 Å². The van der Waals surface area contributed by atoms with Gasteiger partial charge in [-0.25, -0.2) is 4.79 Å². The summed E-state index contributed by atoms with van der Waals surface area (Å²) in [6, 6.07) is 16.4. The maximum atomic E-state index is 12.5. The molecule has 0 bridgehead atoms. The Kier molecular flexibility index (Phi) is 5.86. The molecule has 0 radical (unpaired) electrons. The highest BCUT2D eigenvalue weighted by atomic mass is 16.5. The van der Waals surface area contributed by atoms with Gasteiger partial charge in [0.2, 0.25) is 11.8 Å². The quantitative estimate of drug-likeness (QED) is 0.797.